The van der Waals surface area contributed by atoms with Crippen LogP contribution in [0.5, 0.6) is 0 Å². The zero-order chi connectivity index (χ0) is 14.1. The topological polar surface area (TPSA) is 46.3 Å². The van der Waals surface area contributed by atoms with Crippen LogP contribution in [0.15, 0.2) is 46.9 Å². The van der Waals surface area contributed by atoms with Crippen LogP contribution in [0.4, 0.5) is 4.39 Å². The second-order valence-electron chi connectivity index (χ2n) is 4.80. The van der Waals surface area contributed by atoms with Crippen molar-refractivity contribution >= 4 is 11.1 Å². The van der Waals surface area contributed by atoms with Gasteiger partial charge in [0.25, 0.3) is 0 Å². The van der Waals surface area contributed by atoms with E-state index in [1.54, 1.807) is 19.1 Å². The van der Waals surface area contributed by atoms with E-state index in [0.717, 1.165) is 5.52 Å². The van der Waals surface area contributed by atoms with Gasteiger partial charge in [-0.05, 0) is 36.2 Å². The van der Waals surface area contributed by atoms with Crippen molar-refractivity contribution in [3.8, 4) is 0 Å². The molecule has 0 spiro atoms. The van der Waals surface area contributed by atoms with E-state index in [0.29, 0.717) is 22.6 Å². The molecule has 1 heterocycles. The maximum absolute atomic E-state index is 13.2. The van der Waals surface area contributed by atoms with Crippen molar-refractivity contribution in [3.05, 3.63) is 65.3 Å². The molecule has 0 radical (unpaired) electrons. The van der Waals surface area contributed by atoms with Gasteiger partial charge >= 0.3 is 0 Å². The predicted octanol–water partition coefficient (Wildman–Crippen LogP) is 3.55. The number of fused-ring (bicyclic) bond motifs is 1. The summed E-state index contributed by atoms with van der Waals surface area (Å²) in [5, 5.41) is 10.2. The molecule has 0 bridgehead atoms. The molecule has 3 aromatic rings. The van der Waals surface area contributed by atoms with Gasteiger partial charge in [0.1, 0.15) is 11.3 Å². The number of nitrogens with zero attached hydrogens (tertiary/aromatic N) is 1. The van der Waals surface area contributed by atoms with E-state index in [1.807, 2.05) is 24.3 Å². The molecule has 0 aliphatic heterocycles. The molecule has 3 rings (SSSR count). The first kappa shape index (κ1) is 12.8. The van der Waals surface area contributed by atoms with Crippen LogP contribution < -0.4 is 0 Å². The minimum atomic E-state index is -0.762. The number of hydrogen-bond donors (Lipinski definition) is 1. The van der Waals surface area contributed by atoms with Crippen LogP contribution in [0.3, 0.4) is 0 Å². The molecule has 0 aliphatic carbocycles. The standard InChI is InChI=1S/C16H14FNO2/c1-10-8-11(6-7-12(10)17)14(19)9-16-18-13-4-2-3-5-15(13)20-16/h2-8,14,19H,9H2,1H3. The second-order valence-corrected chi connectivity index (χ2v) is 4.80. The molecule has 2 aromatic carbocycles. The summed E-state index contributed by atoms with van der Waals surface area (Å²) in [7, 11) is 0. The lowest BCUT2D eigenvalue weighted by atomic mass is 10.0. The molecule has 1 atom stereocenters. The molecule has 1 aromatic heterocycles. The van der Waals surface area contributed by atoms with Gasteiger partial charge in [0, 0.05) is 0 Å². The SMILES string of the molecule is Cc1cc(C(O)Cc2nc3ccccc3o2)ccc1F. The number of hydrogen-bond acceptors (Lipinski definition) is 3. The van der Waals surface area contributed by atoms with Crippen molar-refractivity contribution in [2.45, 2.75) is 19.4 Å². The highest BCUT2D eigenvalue weighted by molar-refractivity contribution is 5.72. The first-order chi connectivity index (χ1) is 9.63. The van der Waals surface area contributed by atoms with Crippen molar-refractivity contribution in [2.24, 2.45) is 0 Å². The van der Waals surface area contributed by atoms with Crippen molar-refractivity contribution in [1.82, 2.24) is 4.98 Å². The molecule has 4 heteroatoms. The first-order valence-corrected chi connectivity index (χ1v) is 6.42. The monoisotopic (exact) mass is 271 g/mol. The quantitative estimate of drug-likeness (QED) is 0.792. The Labute approximate surface area is 115 Å². The van der Waals surface area contributed by atoms with Crippen LogP contribution in [0.2, 0.25) is 0 Å². The highest BCUT2D eigenvalue weighted by atomic mass is 19.1. The largest absolute Gasteiger partial charge is 0.441 e. The van der Waals surface area contributed by atoms with E-state index in [9.17, 15) is 9.50 Å². The van der Waals surface area contributed by atoms with E-state index in [1.165, 1.54) is 6.07 Å². The van der Waals surface area contributed by atoms with Crippen LogP contribution in [0, 0.1) is 12.7 Å². The van der Waals surface area contributed by atoms with E-state index in [2.05, 4.69) is 4.98 Å². The smallest absolute Gasteiger partial charge is 0.198 e. The van der Waals surface area contributed by atoms with E-state index < -0.39 is 6.10 Å². The van der Waals surface area contributed by atoms with Crippen molar-refractivity contribution in [3.63, 3.8) is 0 Å². The maximum Gasteiger partial charge on any atom is 0.198 e. The van der Waals surface area contributed by atoms with E-state index >= 15 is 0 Å². The van der Waals surface area contributed by atoms with Crippen molar-refractivity contribution in [2.75, 3.05) is 0 Å². The molecule has 3 nitrogen and oxygen atoms in total. The predicted molar refractivity (Wildman–Crippen MR) is 73.8 cm³/mol. The summed E-state index contributed by atoms with van der Waals surface area (Å²) in [5.41, 5.74) is 2.64. The molecule has 0 saturated carbocycles. The molecule has 0 aliphatic rings. The molecular formula is C16H14FNO2. The van der Waals surface area contributed by atoms with Gasteiger partial charge in [-0.2, -0.15) is 0 Å². The van der Waals surface area contributed by atoms with Gasteiger partial charge in [0.15, 0.2) is 11.5 Å². The number of halogens is 1. The summed E-state index contributed by atoms with van der Waals surface area (Å²) in [6, 6.07) is 12.0. The Hall–Kier alpha value is -2.20. The summed E-state index contributed by atoms with van der Waals surface area (Å²) < 4.78 is 18.8. The summed E-state index contributed by atoms with van der Waals surface area (Å²) >= 11 is 0. The van der Waals surface area contributed by atoms with Crippen molar-refractivity contribution < 1.29 is 13.9 Å². The number of rotatable bonds is 3. The highest BCUT2D eigenvalue weighted by Crippen LogP contribution is 2.22. The fraction of sp³-hybridized carbons (Fsp3) is 0.188. The third-order valence-electron chi connectivity index (χ3n) is 3.27. The lowest BCUT2D eigenvalue weighted by Crippen LogP contribution is -2.03. The molecule has 1 N–H and O–H groups in total. The first-order valence-electron chi connectivity index (χ1n) is 6.42. The lowest BCUT2D eigenvalue weighted by molar-refractivity contribution is 0.169. The maximum atomic E-state index is 13.2. The molecule has 0 amide bonds. The lowest BCUT2D eigenvalue weighted by Gasteiger charge is -2.09. The van der Waals surface area contributed by atoms with Gasteiger partial charge in [0.05, 0.1) is 12.5 Å². The van der Waals surface area contributed by atoms with Gasteiger partial charge in [-0.1, -0.05) is 24.3 Å². The number of aromatic nitrogens is 1. The Kier molecular flexibility index (Phi) is 3.24. The Balaban J connectivity index is 1.84. The Morgan fingerprint density at radius 3 is 2.80 bits per heavy atom. The summed E-state index contributed by atoms with van der Waals surface area (Å²) in [6.45, 7) is 1.67. The molecular weight excluding hydrogens is 257 g/mol. The fourth-order valence-corrected chi connectivity index (χ4v) is 2.17. The minimum absolute atomic E-state index is 0.264. The summed E-state index contributed by atoms with van der Waals surface area (Å²) in [6.07, 6.45) is -0.498. The number of aliphatic hydroxyl groups excluding tert-OH is 1. The van der Waals surface area contributed by atoms with E-state index in [4.69, 9.17) is 4.42 Å². The zero-order valence-corrected chi connectivity index (χ0v) is 11.0. The zero-order valence-electron chi connectivity index (χ0n) is 11.0. The number of aryl methyl sites for hydroxylation is 1. The molecule has 1 unspecified atom stereocenters. The minimum Gasteiger partial charge on any atom is -0.441 e. The Morgan fingerprint density at radius 1 is 1.25 bits per heavy atom. The molecule has 20 heavy (non-hydrogen) atoms. The third-order valence-corrected chi connectivity index (χ3v) is 3.27. The van der Waals surface area contributed by atoms with Gasteiger partial charge in [0.2, 0.25) is 0 Å². The average molecular weight is 271 g/mol. The van der Waals surface area contributed by atoms with Crippen LogP contribution in [0.1, 0.15) is 23.1 Å². The van der Waals surface area contributed by atoms with Gasteiger partial charge in [-0.15, -0.1) is 0 Å². The molecule has 102 valence electrons. The van der Waals surface area contributed by atoms with Crippen LogP contribution in [-0.2, 0) is 6.42 Å². The Morgan fingerprint density at radius 2 is 2.05 bits per heavy atom. The van der Waals surface area contributed by atoms with Gasteiger partial charge < -0.3 is 9.52 Å². The van der Waals surface area contributed by atoms with Crippen molar-refractivity contribution in [1.29, 1.82) is 0 Å². The average Bonchev–Trinajstić information content (AvgIpc) is 2.83. The summed E-state index contributed by atoms with van der Waals surface area (Å²) in [4.78, 5) is 4.32. The van der Waals surface area contributed by atoms with Crippen LogP contribution >= 0.6 is 0 Å². The Bertz CT molecular complexity index is 718. The fourth-order valence-electron chi connectivity index (χ4n) is 2.17. The third kappa shape index (κ3) is 2.42. The summed E-state index contributed by atoms with van der Waals surface area (Å²) in [5.74, 6) is 0.198. The number of para-hydroxylation sites is 2. The van der Waals surface area contributed by atoms with Gasteiger partial charge in [-0.25, -0.2) is 9.37 Å². The molecule has 0 saturated heterocycles. The highest BCUT2D eigenvalue weighted by Gasteiger charge is 2.14. The number of aliphatic hydroxyl groups is 1. The van der Waals surface area contributed by atoms with E-state index in [-0.39, 0.29) is 12.2 Å². The van der Waals surface area contributed by atoms with Gasteiger partial charge in [-0.3, -0.25) is 0 Å². The normalized spacial score (nSPS) is 12.8. The number of oxazole rings is 1. The molecule has 0 fully saturated rings. The number of benzene rings is 2. The van der Waals surface area contributed by atoms with Crippen LogP contribution in [0.25, 0.3) is 11.1 Å². The second kappa shape index (κ2) is 5.06. The van der Waals surface area contributed by atoms with Crippen LogP contribution in [-0.4, -0.2) is 10.1 Å².